The van der Waals surface area contributed by atoms with Gasteiger partial charge in [-0.3, -0.25) is 4.90 Å². The van der Waals surface area contributed by atoms with Crippen molar-refractivity contribution in [3.05, 3.63) is 0 Å². The second-order valence-electron chi connectivity index (χ2n) is 7.93. The summed E-state index contributed by atoms with van der Waals surface area (Å²) in [5.74, 6) is 1.48. The van der Waals surface area contributed by atoms with E-state index in [9.17, 15) is 0 Å². The van der Waals surface area contributed by atoms with Crippen molar-refractivity contribution in [2.24, 2.45) is 17.3 Å². The van der Waals surface area contributed by atoms with Crippen LogP contribution in [-0.4, -0.2) is 36.6 Å². The highest BCUT2D eigenvalue weighted by molar-refractivity contribution is 4.89. The smallest absolute Gasteiger partial charge is 0.0244 e. The van der Waals surface area contributed by atoms with Gasteiger partial charge in [-0.25, -0.2) is 0 Å². The van der Waals surface area contributed by atoms with E-state index in [0.717, 1.165) is 11.8 Å². The molecule has 0 aromatic rings. The highest BCUT2D eigenvalue weighted by Crippen LogP contribution is 2.28. The van der Waals surface area contributed by atoms with Gasteiger partial charge >= 0.3 is 0 Å². The molecule has 1 saturated heterocycles. The summed E-state index contributed by atoms with van der Waals surface area (Å²) in [6, 6.07) is 1.41. The van der Waals surface area contributed by atoms with Gasteiger partial charge < -0.3 is 5.32 Å². The van der Waals surface area contributed by atoms with E-state index in [1.165, 1.54) is 32.5 Å². The van der Waals surface area contributed by atoms with Crippen molar-refractivity contribution in [2.75, 3.05) is 19.6 Å². The summed E-state index contributed by atoms with van der Waals surface area (Å²) in [5, 5.41) is 3.75. The van der Waals surface area contributed by atoms with Crippen LogP contribution in [0.25, 0.3) is 0 Å². The molecular weight excluding hydrogens is 232 g/mol. The third kappa shape index (κ3) is 5.07. The van der Waals surface area contributed by atoms with Gasteiger partial charge in [0.15, 0.2) is 0 Å². The van der Waals surface area contributed by atoms with E-state index in [4.69, 9.17) is 0 Å². The largest absolute Gasteiger partial charge is 0.311 e. The van der Waals surface area contributed by atoms with Crippen molar-refractivity contribution in [2.45, 2.75) is 73.4 Å². The minimum absolute atomic E-state index is 0.409. The maximum absolute atomic E-state index is 3.75. The van der Waals surface area contributed by atoms with Crippen molar-refractivity contribution in [3.8, 4) is 0 Å². The molecule has 3 unspecified atom stereocenters. The number of hydrogen-bond acceptors (Lipinski definition) is 2. The van der Waals surface area contributed by atoms with Crippen LogP contribution in [0.1, 0.15) is 61.3 Å². The lowest BCUT2D eigenvalue weighted by Gasteiger charge is -2.45. The van der Waals surface area contributed by atoms with Crippen molar-refractivity contribution in [3.63, 3.8) is 0 Å². The highest BCUT2D eigenvalue weighted by Gasteiger charge is 2.32. The summed E-state index contributed by atoms with van der Waals surface area (Å²) in [7, 11) is 0. The Bertz CT molecular complexity index is 254. The lowest BCUT2D eigenvalue weighted by atomic mass is 9.81. The molecule has 19 heavy (non-hydrogen) atoms. The fourth-order valence-electron chi connectivity index (χ4n) is 2.93. The lowest BCUT2D eigenvalue weighted by molar-refractivity contribution is 0.0596. The first kappa shape index (κ1) is 17.0. The summed E-state index contributed by atoms with van der Waals surface area (Å²) in [4.78, 5) is 2.76. The van der Waals surface area contributed by atoms with Gasteiger partial charge in [-0.1, -0.05) is 54.9 Å². The maximum Gasteiger partial charge on any atom is 0.0244 e. The van der Waals surface area contributed by atoms with Crippen LogP contribution in [-0.2, 0) is 0 Å². The number of nitrogens with zero attached hydrogens (tertiary/aromatic N) is 1. The van der Waals surface area contributed by atoms with Crippen LogP contribution in [0.15, 0.2) is 0 Å². The van der Waals surface area contributed by atoms with Gasteiger partial charge in [0, 0.05) is 31.7 Å². The second kappa shape index (κ2) is 7.08. The third-order valence-electron chi connectivity index (χ3n) is 4.93. The Hall–Kier alpha value is -0.0800. The van der Waals surface area contributed by atoms with Crippen LogP contribution in [0, 0.1) is 17.3 Å². The fraction of sp³-hybridized carbons (Fsp3) is 1.00. The average Bonchev–Trinajstić information content (AvgIpc) is 2.28. The first-order chi connectivity index (χ1) is 8.75. The van der Waals surface area contributed by atoms with Crippen LogP contribution in [0.2, 0.25) is 0 Å². The van der Waals surface area contributed by atoms with E-state index >= 15 is 0 Å². The molecule has 0 bridgehead atoms. The molecule has 114 valence electrons. The third-order valence-corrected chi connectivity index (χ3v) is 4.93. The predicted octanol–water partition coefficient (Wildman–Crippen LogP) is 3.77. The van der Waals surface area contributed by atoms with Crippen LogP contribution in [0.4, 0.5) is 0 Å². The molecule has 0 aromatic heterocycles. The first-order valence-corrected chi connectivity index (χ1v) is 8.23. The zero-order valence-electron chi connectivity index (χ0n) is 14.3. The predicted molar refractivity (Wildman–Crippen MR) is 85.5 cm³/mol. The lowest BCUT2D eigenvalue weighted by Crippen LogP contribution is -2.59. The van der Waals surface area contributed by atoms with Gasteiger partial charge in [-0.15, -0.1) is 0 Å². The zero-order valence-corrected chi connectivity index (χ0v) is 14.3. The maximum atomic E-state index is 3.75. The van der Waals surface area contributed by atoms with E-state index < -0.39 is 0 Å². The normalized spacial score (nSPS) is 27.8. The molecule has 1 N–H and O–H groups in total. The first-order valence-electron chi connectivity index (χ1n) is 8.23. The van der Waals surface area contributed by atoms with Gasteiger partial charge in [0.1, 0.15) is 0 Å². The molecule has 1 heterocycles. The Morgan fingerprint density at radius 2 is 1.84 bits per heavy atom. The number of rotatable bonds is 5. The molecule has 0 radical (unpaired) electrons. The molecular formula is C17H36N2. The average molecular weight is 268 g/mol. The zero-order chi connectivity index (χ0) is 14.6. The van der Waals surface area contributed by atoms with E-state index in [2.05, 4.69) is 58.7 Å². The molecule has 1 fully saturated rings. The fourth-order valence-corrected chi connectivity index (χ4v) is 2.93. The monoisotopic (exact) mass is 268 g/mol. The van der Waals surface area contributed by atoms with E-state index in [-0.39, 0.29) is 0 Å². The summed E-state index contributed by atoms with van der Waals surface area (Å²) >= 11 is 0. The van der Waals surface area contributed by atoms with E-state index in [0.29, 0.717) is 17.5 Å². The summed E-state index contributed by atoms with van der Waals surface area (Å²) in [6.07, 6.45) is 2.60. The highest BCUT2D eigenvalue weighted by atomic mass is 15.2. The van der Waals surface area contributed by atoms with Crippen molar-refractivity contribution in [1.29, 1.82) is 0 Å². The molecule has 1 aliphatic rings. The molecule has 0 aromatic carbocycles. The van der Waals surface area contributed by atoms with Crippen LogP contribution in [0.5, 0.6) is 0 Å². The van der Waals surface area contributed by atoms with Crippen molar-refractivity contribution in [1.82, 2.24) is 10.2 Å². The van der Waals surface area contributed by atoms with E-state index in [1.54, 1.807) is 0 Å². The molecule has 0 saturated carbocycles. The Balaban J connectivity index is 2.66. The van der Waals surface area contributed by atoms with Gasteiger partial charge in [0.25, 0.3) is 0 Å². The number of hydrogen-bond donors (Lipinski definition) is 1. The minimum Gasteiger partial charge on any atom is -0.311 e. The Kier molecular flexibility index (Phi) is 6.32. The minimum atomic E-state index is 0.409. The van der Waals surface area contributed by atoms with Crippen LogP contribution >= 0.6 is 0 Å². The molecule has 1 rings (SSSR count). The molecule has 0 spiro atoms. The van der Waals surface area contributed by atoms with Gasteiger partial charge in [-0.2, -0.15) is 0 Å². The molecule has 2 heteroatoms. The molecule has 0 aliphatic carbocycles. The number of nitrogens with one attached hydrogen (secondary N) is 1. The molecule has 3 atom stereocenters. The molecule has 2 nitrogen and oxygen atoms in total. The second-order valence-corrected chi connectivity index (χ2v) is 7.93. The van der Waals surface area contributed by atoms with Gasteiger partial charge in [-0.05, 0) is 23.7 Å². The topological polar surface area (TPSA) is 15.3 Å². The van der Waals surface area contributed by atoms with E-state index in [1.807, 2.05) is 0 Å². The SMILES string of the molecule is CCCC1CN(CC(C)C(C)(C)C)C(C(C)C)CN1. The van der Waals surface area contributed by atoms with Crippen LogP contribution in [0.3, 0.4) is 0 Å². The van der Waals surface area contributed by atoms with Crippen LogP contribution < -0.4 is 5.32 Å². The summed E-state index contributed by atoms with van der Waals surface area (Å²) < 4.78 is 0. The Labute approximate surface area is 121 Å². The summed E-state index contributed by atoms with van der Waals surface area (Å²) in [5.41, 5.74) is 0.409. The standard InChI is InChI=1S/C17H36N2/c1-8-9-15-12-19(11-14(4)17(5,6)7)16(10-18-15)13(2)3/h13-16,18H,8-12H2,1-7H3. The van der Waals surface area contributed by atoms with Gasteiger partial charge in [0.05, 0.1) is 0 Å². The quantitative estimate of drug-likeness (QED) is 0.816. The van der Waals surface area contributed by atoms with Crippen molar-refractivity contribution >= 4 is 0 Å². The van der Waals surface area contributed by atoms with Crippen molar-refractivity contribution < 1.29 is 0 Å². The molecule has 0 amide bonds. The Morgan fingerprint density at radius 3 is 2.32 bits per heavy atom. The summed E-state index contributed by atoms with van der Waals surface area (Å²) in [6.45, 7) is 20.2. The number of piperazine rings is 1. The Morgan fingerprint density at radius 1 is 1.21 bits per heavy atom. The molecule has 1 aliphatic heterocycles. The van der Waals surface area contributed by atoms with Gasteiger partial charge in [0.2, 0.25) is 0 Å².